The summed E-state index contributed by atoms with van der Waals surface area (Å²) in [5.41, 5.74) is -1.49. The van der Waals surface area contributed by atoms with Crippen LogP contribution in [0.1, 0.15) is 34.2 Å². The Hall–Kier alpha value is -3.32. The number of aromatic amines is 1. The third kappa shape index (κ3) is 4.41. The van der Waals surface area contributed by atoms with E-state index in [1.165, 1.54) is 39.4 Å². The third-order valence-electron chi connectivity index (χ3n) is 5.36. The number of benzene rings is 1. The maximum atomic E-state index is 15.3. The molecule has 0 bridgehead atoms. The Labute approximate surface area is 202 Å². The fourth-order valence-electron chi connectivity index (χ4n) is 3.49. The average molecular weight is 526 g/mol. The molecule has 1 aromatic carbocycles. The van der Waals surface area contributed by atoms with Gasteiger partial charge < -0.3 is 19.2 Å². The molecular formula is C22H18ClF2N3O6S. The van der Waals surface area contributed by atoms with Crippen molar-refractivity contribution in [3.8, 4) is 0 Å². The van der Waals surface area contributed by atoms with Gasteiger partial charge in [0.25, 0.3) is 10.0 Å². The van der Waals surface area contributed by atoms with Crippen LogP contribution in [0.15, 0.2) is 46.2 Å². The average Bonchev–Trinajstić information content (AvgIpc) is 3.40. The molecule has 0 saturated carbocycles. The fourth-order valence-corrected chi connectivity index (χ4v) is 4.71. The molecule has 1 unspecified atom stereocenters. The molecule has 13 heteroatoms. The smallest absolute Gasteiger partial charge is 0.295 e. The number of nitrogens with zero attached hydrogens (tertiary/aromatic N) is 1. The first-order valence-corrected chi connectivity index (χ1v) is 11.8. The summed E-state index contributed by atoms with van der Waals surface area (Å²) in [4.78, 5) is 19.8. The molecule has 0 aliphatic carbocycles. The molecule has 3 heterocycles. The number of halogens is 3. The van der Waals surface area contributed by atoms with Gasteiger partial charge in [0, 0.05) is 36.5 Å². The van der Waals surface area contributed by atoms with E-state index in [1.54, 1.807) is 0 Å². The number of sulfonamides is 1. The first-order valence-electron chi connectivity index (χ1n) is 9.92. The second kappa shape index (κ2) is 8.72. The quantitative estimate of drug-likeness (QED) is 0.242. The number of anilines is 1. The third-order valence-corrected chi connectivity index (χ3v) is 6.79. The molecule has 0 amide bonds. The molecule has 4 aromatic rings. The lowest BCUT2D eigenvalue weighted by Crippen LogP contribution is -2.23. The second-order valence-corrected chi connectivity index (χ2v) is 9.74. The number of nitrogens with one attached hydrogen (secondary N) is 2. The lowest BCUT2D eigenvalue weighted by atomic mass is 10.0. The molecule has 0 saturated heterocycles. The number of ether oxygens (including phenoxy) is 1. The summed E-state index contributed by atoms with van der Waals surface area (Å²) < 4.78 is 67.7. The van der Waals surface area contributed by atoms with Crippen LogP contribution in [0, 0.1) is 18.6 Å². The Bertz CT molecular complexity index is 1580. The number of aryl methyl sites for hydroxylation is 1. The molecule has 0 fully saturated rings. The van der Waals surface area contributed by atoms with Crippen LogP contribution >= 0.6 is 11.6 Å². The number of aliphatic hydroxyl groups is 1. The Morgan fingerprint density at radius 1 is 1.31 bits per heavy atom. The van der Waals surface area contributed by atoms with Crippen molar-refractivity contribution >= 4 is 44.1 Å². The summed E-state index contributed by atoms with van der Waals surface area (Å²) in [6.45, 7) is 2.68. The first kappa shape index (κ1) is 24.8. The highest BCUT2D eigenvalue weighted by Gasteiger charge is 2.32. The van der Waals surface area contributed by atoms with Crippen LogP contribution in [0.3, 0.4) is 0 Å². The maximum Gasteiger partial charge on any atom is 0.295 e. The van der Waals surface area contributed by atoms with Crippen molar-refractivity contribution in [2.45, 2.75) is 24.7 Å². The zero-order valence-electron chi connectivity index (χ0n) is 18.4. The number of hydrogen-bond donors (Lipinski definition) is 3. The van der Waals surface area contributed by atoms with Crippen molar-refractivity contribution in [3.05, 3.63) is 75.8 Å². The van der Waals surface area contributed by atoms with Crippen LogP contribution in [0.2, 0.25) is 5.02 Å². The van der Waals surface area contributed by atoms with E-state index in [0.717, 1.165) is 18.2 Å². The lowest BCUT2D eigenvalue weighted by Gasteiger charge is -2.20. The lowest BCUT2D eigenvalue weighted by molar-refractivity contribution is -0.179. The van der Waals surface area contributed by atoms with E-state index < -0.39 is 49.6 Å². The summed E-state index contributed by atoms with van der Waals surface area (Å²) >= 11 is 5.92. The van der Waals surface area contributed by atoms with E-state index in [1.807, 2.05) is 4.72 Å². The van der Waals surface area contributed by atoms with E-state index in [2.05, 4.69) is 9.97 Å². The summed E-state index contributed by atoms with van der Waals surface area (Å²) in [5.74, 6) is -5.50. The molecule has 0 radical (unpaired) electrons. The first-order chi connectivity index (χ1) is 16.4. The van der Waals surface area contributed by atoms with Crippen molar-refractivity contribution in [1.82, 2.24) is 9.97 Å². The minimum absolute atomic E-state index is 0.0300. The summed E-state index contributed by atoms with van der Waals surface area (Å²) in [7, 11) is -3.33. The Morgan fingerprint density at radius 2 is 2.03 bits per heavy atom. The number of carbonyl (C=O) groups excluding carboxylic acids is 1. The number of hydrogen-bond acceptors (Lipinski definition) is 7. The number of rotatable bonds is 7. The zero-order chi connectivity index (χ0) is 25.7. The number of H-pyrrole nitrogens is 1. The Morgan fingerprint density at radius 3 is 2.71 bits per heavy atom. The highest BCUT2D eigenvalue weighted by atomic mass is 35.5. The maximum absolute atomic E-state index is 15.3. The zero-order valence-corrected chi connectivity index (χ0v) is 20.0. The predicted molar refractivity (Wildman–Crippen MR) is 122 cm³/mol. The summed E-state index contributed by atoms with van der Waals surface area (Å²) in [5, 5.41) is 10.0. The van der Waals surface area contributed by atoms with Crippen molar-refractivity contribution < 1.29 is 36.3 Å². The number of aromatic nitrogens is 2. The molecule has 4 rings (SSSR count). The van der Waals surface area contributed by atoms with Crippen LogP contribution in [0.25, 0.3) is 11.0 Å². The molecule has 3 aromatic heterocycles. The van der Waals surface area contributed by atoms with Gasteiger partial charge in [-0.1, -0.05) is 11.6 Å². The van der Waals surface area contributed by atoms with Gasteiger partial charge in [0.2, 0.25) is 10.9 Å². The van der Waals surface area contributed by atoms with Gasteiger partial charge in [-0.05, 0) is 32.0 Å². The molecular weight excluding hydrogens is 508 g/mol. The van der Waals surface area contributed by atoms with E-state index >= 15 is 4.39 Å². The number of pyridine rings is 1. The molecule has 184 valence electrons. The van der Waals surface area contributed by atoms with Gasteiger partial charge in [0.1, 0.15) is 17.2 Å². The predicted octanol–water partition coefficient (Wildman–Crippen LogP) is 4.24. The largest absolute Gasteiger partial charge is 0.448 e. The van der Waals surface area contributed by atoms with Crippen molar-refractivity contribution in [1.29, 1.82) is 0 Å². The summed E-state index contributed by atoms with van der Waals surface area (Å²) in [6, 6.07) is 4.00. The topological polar surface area (TPSA) is 135 Å². The number of ketones is 1. The van der Waals surface area contributed by atoms with Crippen LogP contribution in [-0.4, -0.2) is 36.4 Å². The standard InChI is InChI=1S/C22H18ClF2N3O6S/c1-10-14(22(2,30)33-3)7-17(34-10)35(31,32)28-16-5-4-15(24)18(19(16)25)20(29)13-9-27-21-12(13)6-11(23)8-26-21/h4-9,28,30H,1-3H3,(H,26,27). The Kier molecular flexibility index (Phi) is 6.18. The van der Waals surface area contributed by atoms with Gasteiger partial charge in [-0.3, -0.25) is 9.52 Å². The molecule has 9 nitrogen and oxygen atoms in total. The number of methoxy groups -OCH3 is 1. The molecule has 1 atom stereocenters. The van der Waals surface area contributed by atoms with Crippen molar-refractivity contribution in [2.75, 3.05) is 11.8 Å². The summed E-state index contributed by atoms with van der Waals surface area (Å²) in [6.07, 6.45) is 2.56. The highest BCUT2D eigenvalue weighted by Crippen LogP contribution is 2.32. The van der Waals surface area contributed by atoms with Crippen LogP contribution < -0.4 is 4.72 Å². The van der Waals surface area contributed by atoms with Gasteiger partial charge in [0.05, 0.1) is 21.8 Å². The van der Waals surface area contributed by atoms with Crippen LogP contribution in [0.4, 0.5) is 14.5 Å². The minimum atomic E-state index is -4.55. The molecule has 35 heavy (non-hydrogen) atoms. The molecule has 0 aliphatic heterocycles. The molecule has 0 aliphatic rings. The van der Waals surface area contributed by atoms with Gasteiger partial charge in [-0.15, -0.1) is 0 Å². The Balaban J connectivity index is 1.74. The number of carbonyl (C=O) groups is 1. The number of fused-ring (bicyclic) bond motifs is 1. The van der Waals surface area contributed by atoms with Crippen LogP contribution in [-0.2, 0) is 20.5 Å². The normalized spacial score (nSPS) is 13.7. The van der Waals surface area contributed by atoms with Gasteiger partial charge >= 0.3 is 0 Å². The van der Waals surface area contributed by atoms with E-state index in [9.17, 15) is 22.7 Å². The molecule has 0 spiro atoms. The monoisotopic (exact) mass is 525 g/mol. The van der Waals surface area contributed by atoms with E-state index in [0.29, 0.717) is 0 Å². The van der Waals surface area contributed by atoms with E-state index in [4.69, 9.17) is 20.8 Å². The van der Waals surface area contributed by atoms with Crippen molar-refractivity contribution in [2.24, 2.45) is 0 Å². The second-order valence-electron chi connectivity index (χ2n) is 7.69. The van der Waals surface area contributed by atoms with Gasteiger partial charge in [0.15, 0.2) is 11.6 Å². The SMILES string of the molecule is COC(C)(O)c1cc(S(=O)(=O)Nc2ccc(F)c(C(=O)c3c[nH]c4ncc(Cl)cc34)c2F)oc1C. The van der Waals surface area contributed by atoms with Crippen molar-refractivity contribution in [3.63, 3.8) is 0 Å². The molecule has 3 N–H and O–H groups in total. The fraction of sp³-hybridized carbons (Fsp3) is 0.182. The van der Waals surface area contributed by atoms with Crippen LogP contribution in [0.5, 0.6) is 0 Å². The van der Waals surface area contributed by atoms with E-state index in [-0.39, 0.29) is 32.9 Å². The highest BCUT2D eigenvalue weighted by molar-refractivity contribution is 7.92. The minimum Gasteiger partial charge on any atom is -0.448 e. The number of furan rings is 1. The van der Waals surface area contributed by atoms with Gasteiger partial charge in [-0.2, -0.15) is 8.42 Å². The van der Waals surface area contributed by atoms with Gasteiger partial charge in [-0.25, -0.2) is 13.8 Å².